The summed E-state index contributed by atoms with van der Waals surface area (Å²) in [6, 6.07) is 13.4. The van der Waals surface area contributed by atoms with E-state index >= 15 is 0 Å². The van der Waals surface area contributed by atoms with Crippen molar-refractivity contribution < 1.29 is 4.79 Å². The van der Waals surface area contributed by atoms with E-state index in [9.17, 15) is 4.79 Å². The minimum atomic E-state index is -0.0160. The lowest BCUT2D eigenvalue weighted by Gasteiger charge is -2.19. The molecule has 0 spiro atoms. The standard InChI is InChI=1S/C16H17BrN2O/c1-11-14(4-3-5-15(11)18)16(20)19(2)10-12-6-8-13(17)9-7-12/h3-9H,10,18H2,1-2H3. The fourth-order valence-electron chi connectivity index (χ4n) is 2.03. The highest BCUT2D eigenvalue weighted by molar-refractivity contribution is 9.10. The first kappa shape index (κ1) is 14.6. The van der Waals surface area contributed by atoms with Crippen LogP contribution in [0, 0.1) is 6.92 Å². The Morgan fingerprint density at radius 1 is 1.20 bits per heavy atom. The Kier molecular flexibility index (Phi) is 4.45. The number of hydrogen-bond donors (Lipinski definition) is 1. The van der Waals surface area contributed by atoms with Crippen molar-refractivity contribution in [3.05, 3.63) is 63.6 Å². The molecule has 0 aliphatic heterocycles. The van der Waals surface area contributed by atoms with Gasteiger partial charge >= 0.3 is 0 Å². The molecule has 104 valence electrons. The normalized spacial score (nSPS) is 10.3. The van der Waals surface area contributed by atoms with Gasteiger partial charge in [-0.3, -0.25) is 4.79 Å². The molecule has 0 bridgehead atoms. The zero-order valence-electron chi connectivity index (χ0n) is 11.6. The number of hydrogen-bond acceptors (Lipinski definition) is 2. The Bertz CT molecular complexity index is 623. The van der Waals surface area contributed by atoms with Gasteiger partial charge in [-0.05, 0) is 42.3 Å². The molecule has 2 N–H and O–H groups in total. The number of nitrogens with two attached hydrogens (primary N) is 1. The third-order valence-electron chi connectivity index (χ3n) is 3.29. The van der Waals surface area contributed by atoms with Gasteiger partial charge in [-0.2, -0.15) is 0 Å². The van der Waals surface area contributed by atoms with E-state index < -0.39 is 0 Å². The van der Waals surface area contributed by atoms with E-state index in [0.717, 1.165) is 15.6 Å². The summed E-state index contributed by atoms with van der Waals surface area (Å²) >= 11 is 3.40. The van der Waals surface area contributed by atoms with Crippen LogP contribution in [0.1, 0.15) is 21.5 Å². The van der Waals surface area contributed by atoms with E-state index in [4.69, 9.17) is 5.73 Å². The van der Waals surface area contributed by atoms with Crippen molar-refractivity contribution in [3.63, 3.8) is 0 Å². The molecule has 0 aromatic heterocycles. The number of rotatable bonds is 3. The predicted molar refractivity (Wildman–Crippen MR) is 85.5 cm³/mol. The summed E-state index contributed by atoms with van der Waals surface area (Å²) in [7, 11) is 1.80. The Morgan fingerprint density at radius 2 is 1.85 bits per heavy atom. The van der Waals surface area contributed by atoms with Gasteiger partial charge in [-0.15, -0.1) is 0 Å². The molecule has 0 heterocycles. The van der Waals surface area contributed by atoms with Crippen molar-refractivity contribution in [2.24, 2.45) is 0 Å². The van der Waals surface area contributed by atoms with Crippen LogP contribution in [0.25, 0.3) is 0 Å². The third kappa shape index (κ3) is 3.20. The molecule has 0 aliphatic carbocycles. The molecule has 0 fully saturated rings. The number of benzene rings is 2. The number of halogens is 1. The zero-order chi connectivity index (χ0) is 14.7. The first-order chi connectivity index (χ1) is 9.49. The van der Waals surface area contributed by atoms with Gasteiger partial charge < -0.3 is 10.6 Å². The van der Waals surface area contributed by atoms with Gasteiger partial charge in [-0.25, -0.2) is 0 Å². The molecule has 0 radical (unpaired) electrons. The van der Waals surface area contributed by atoms with Crippen LogP contribution in [0.15, 0.2) is 46.9 Å². The number of anilines is 1. The summed E-state index contributed by atoms with van der Waals surface area (Å²) in [4.78, 5) is 14.1. The van der Waals surface area contributed by atoms with Crippen molar-refractivity contribution in [1.29, 1.82) is 0 Å². The van der Waals surface area contributed by atoms with E-state index in [-0.39, 0.29) is 5.91 Å². The quantitative estimate of drug-likeness (QED) is 0.872. The molecule has 20 heavy (non-hydrogen) atoms. The predicted octanol–water partition coefficient (Wildman–Crippen LogP) is 3.61. The highest BCUT2D eigenvalue weighted by Gasteiger charge is 2.15. The lowest BCUT2D eigenvalue weighted by Crippen LogP contribution is -2.27. The first-order valence-electron chi connectivity index (χ1n) is 6.34. The van der Waals surface area contributed by atoms with Gasteiger partial charge in [0.25, 0.3) is 5.91 Å². The molecule has 0 saturated heterocycles. The molecule has 0 atom stereocenters. The molecule has 0 saturated carbocycles. The Hall–Kier alpha value is -1.81. The molecule has 0 aliphatic rings. The fraction of sp³-hybridized carbons (Fsp3) is 0.188. The van der Waals surface area contributed by atoms with Crippen molar-refractivity contribution in [2.75, 3.05) is 12.8 Å². The van der Waals surface area contributed by atoms with Gasteiger partial charge in [0.1, 0.15) is 0 Å². The zero-order valence-corrected chi connectivity index (χ0v) is 13.1. The maximum atomic E-state index is 12.5. The number of carbonyl (C=O) groups is 1. The summed E-state index contributed by atoms with van der Waals surface area (Å²) in [5.74, 6) is -0.0160. The summed E-state index contributed by atoms with van der Waals surface area (Å²) in [5.41, 5.74) is 9.08. The fourth-order valence-corrected chi connectivity index (χ4v) is 2.29. The van der Waals surface area contributed by atoms with Crippen LogP contribution >= 0.6 is 15.9 Å². The second-order valence-corrected chi connectivity index (χ2v) is 5.72. The topological polar surface area (TPSA) is 46.3 Å². The van der Waals surface area contributed by atoms with E-state index in [0.29, 0.717) is 17.8 Å². The molecule has 1 amide bonds. The van der Waals surface area contributed by atoms with Crippen molar-refractivity contribution in [3.8, 4) is 0 Å². The Morgan fingerprint density at radius 3 is 2.50 bits per heavy atom. The molecule has 2 rings (SSSR count). The second kappa shape index (κ2) is 6.09. The third-order valence-corrected chi connectivity index (χ3v) is 3.81. The van der Waals surface area contributed by atoms with Crippen LogP contribution in [0.5, 0.6) is 0 Å². The molecule has 4 heteroatoms. The number of nitrogens with zero attached hydrogens (tertiary/aromatic N) is 1. The van der Waals surface area contributed by atoms with Crippen LogP contribution in [0.3, 0.4) is 0 Å². The van der Waals surface area contributed by atoms with E-state index in [1.807, 2.05) is 43.3 Å². The van der Waals surface area contributed by atoms with Crippen LogP contribution in [0.4, 0.5) is 5.69 Å². The van der Waals surface area contributed by atoms with Crippen molar-refractivity contribution >= 4 is 27.5 Å². The van der Waals surface area contributed by atoms with Gasteiger partial charge in [0.05, 0.1) is 0 Å². The second-order valence-electron chi connectivity index (χ2n) is 4.81. The molecule has 2 aromatic rings. The molecule has 3 nitrogen and oxygen atoms in total. The van der Waals surface area contributed by atoms with E-state index in [2.05, 4.69) is 15.9 Å². The number of carbonyl (C=O) groups excluding carboxylic acids is 1. The van der Waals surface area contributed by atoms with Gasteiger partial charge in [0, 0.05) is 29.3 Å². The Balaban J connectivity index is 2.16. The average molecular weight is 333 g/mol. The summed E-state index contributed by atoms with van der Waals surface area (Å²) in [6.07, 6.45) is 0. The van der Waals surface area contributed by atoms with E-state index in [1.165, 1.54) is 0 Å². The minimum Gasteiger partial charge on any atom is -0.398 e. The van der Waals surface area contributed by atoms with Crippen molar-refractivity contribution in [2.45, 2.75) is 13.5 Å². The van der Waals surface area contributed by atoms with Crippen molar-refractivity contribution in [1.82, 2.24) is 4.90 Å². The highest BCUT2D eigenvalue weighted by atomic mass is 79.9. The maximum Gasteiger partial charge on any atom is 0.254 e. The lowest BCUT2D eigenvalue weighted by atomic mass is 10.1. The number of nitrogen functional groups attached to an aromatic ring is 1. The molecular weight excluding hydrogens is 316 g/mol. The van der Waals surface area contributed by atoms with Gasteiger partial charge in [0.15, 0.2) is 0 Å². The summed E-state index contributed by atoms with van der Waals surface area (Å²) in [5, 5.41) is 0. The van der Waals surface area contributed by atoms with Crippen LogP contribution in [0.2, 0.25) is 0 Å². The largest absolute Gasteiger partial charge is 0.398 e. The summed E-state index contributed by atoms with van der Waals surface area (Å²) < 4.78 is 1.03. The van der Waals surface area contributed by atoms with Crippen LogP contribution in [-0.4, -0.2) is 17.9 Å². The molecule has 0 unspecified atom stereocenters. The smallest absolute Gasteiger partial charge is 0.254 e. The first-order valence-corrected chi connectivity index (χ1v) is 7.13. The van der Waals surface area contributed by atoms with Crippen LogP contribution < -0.4 is 5.73 Å². The molecular formula is C16H17BrN2O. The SMILES string of the molecule is Cc1c(N)cccc1C(=O)N(C)Cc1ccc(Br)cc1. The Labute approximate surface area is 127 Å². The van der Waals surface area contributed by atoms with Gasteiger partial charge in [-0.1, -0.05) is 34.1 Å². The minimum absolute atomic E-state index is 0.0160. The number of amides is 1. The monoisotopic (exact) mass is 332 g/mol. The van der Waals surface area contributed by atoms with Gasteiger partial charge in [0.2, 0.25) is 0 Å². The summed E-state index contributed by atoms with van der Waals surface area (Å²) in [6.45, 7) is 2.44. The highest BCUT2D eigenvalue weighted by Crippen LogP contribution is 2.18. The van der Waals surface area contributed by atoms with Crippen LogP contribution in [-0.2, 0) is 6.54 Å². The molecule has 2 aromatic carbocycles. The lowest BCUT2D eigenvalue weighted by molar-refractivity contribution is 0.0784. The van der Waals surface area contributed by atoms with E-state index in [1.54, 1.807) is 18.0 Å². The average Bonchev–Trinajstić information content (AvgIpc) is 2.43. The maximum absolute atomic E-state index is 12.5.